The Morgan fingerprint density at radius 3 is 2.44 bits per heavy atom. The van der Waals surface area contributed by atoms with Gasteiger partial charge in [-0.25, -0.2) is 0 Å². The van der Waals surface area contributed by atoms with Crippen molar-refractivity contribution in [3.63, 3.8) is 0 Å². The van der Waals surface area contributed by atoms with Crippen LogP contribution in [-0.2, 0) is 16.0 Å². The SMILES string of the molecule is O=C(N[C@H](Cc1ccccc1)C(=O)N1CCOCC1)c1ccc(Cl)cc1Cl. The van der Waals surface area contributed by atoms with Crippen molar-refractivity contribution in [3.8, 4) is 0 Å². The van der Waals surface area contributed by atoms with Gasteiger partial charge in [0.2, 0.25) is 5.91 Å². The molecule has 27 heavy (non-hydrogen) atoms. The zero-order chi connectivity index (χ0) is 19.2. The van der Waals surface area contributed by atoms with E-state index in [1.54, 1.807) is 17.0 Å². The number of benzene rings is 2. The molecule has 1 aliphatic rings. The van der Waals surface area contributed by atoms with Crippen molar-refractivity contribution < 1.29 is 14.3 Å². The lowest BCUT2D eigenvalue weighted by atomic mass is 10.0. The van der Waals surface area contributed by atoms with Crippen LogP contribution in [0.1, 0.15) is 15.9 Å². The molecule has 2 aromatic carbocycles. The molecule has 0 radical (unpaired) electrons. The van der Waals surface area contributed by atoms with Crippen LogP contribution in [0, 0.1) is 0 Å². The van der Waals surface area contributed by atoms with Gasteiger partial charge in [-0.1, -0.05) is 53.5 Å². The molecule has 5 nitrogen and oxygen atoms in total. The minimum Gasteiger partial charge on any atom is -0.378 e. The van der Waals surface area contributed by atoms with E-state index < -0.39 is 11.9 Å². The highest BCUT2D eigenvalue weighted by Gasteiger charge is 2.28. The topological polar surface area (TPSA) is 58.6 Å². The van der Waals surface area contributed by atoms with Gasteiger partial charge in [0.15, 0.2) is 0 Å². The second-order valence-electron chi connectivity index (χ2n) is 6.28. The van der Waals surface area contributed by atoms with Crippen molar-refractivity contribution in [3.05, 3.63) is 69.7 Å². The molecule has 0 bridgehead atoms. The second kappa shape index (κ2) is 9.22. The lowest BCUT2D eigenvalue weighted by Gasteiger charge is -2.31. The Balaban J connectivity index is 1.79. The Bertz CT molecular complexity index is 808. The van der Waals surface area contributed by atoms with Crippen LogP contribution in [0.2, 0.25) is 10.0 Å². The number of halogens is 2. The van der Waals surface area contributed by atoms with E-state index >= 15 is 0 Å². The van der Waals surface area contributed by atoms with Crippen LogP contribution in [-0.4, -0.2) is 49.1 Å². The molecule has 1 saturated heterocycles. The molecule has 0 aliphatic carbocycles. The molecule has 1 heterocycles. The molecule has 1 atom stereocenters. The van der Waals surface area contributed by atoms with E-state index in [4.69, 9.17) is 27.9 Å². The van der Waals surface area contributed by atoms with Gasteiger partial charge in [-0.2, -0.15) is 0 Å². The highest BCUT2D eigenvalue weighted by molar-refractivity contribution is 6.36. The maximum atomic E-state index is 13.0. The summed E-state index contributed by atoms with van der Waals surface area (Å²) in [5, 5.41) is 3.53. The van der Waals surface area contributed by atoms with E-state index in [9.17, 15) is 9.59 Å². The molecule has 0 unspecified atom stereocenters. The van der Waals surface area contributed by atoms with Crippen LogP contribution in [0.25, 0.3) is 0 Å². The number of ether oxygens (including phenoxy) is 1. The standard InChI is InChI=1S/C20H20Cl2N2O3/c21-15-6-7-16(17(22)13-15)19(25)23-18(12-14-4-2-1-3-5-14)20(26)24-8-10-27-11-9-24/h1-7,13,18H,8-12H2,(H,23,25)/t18-/m1/s1. The van der Waals surface area contributed by atoms with Crippen molar-refractivity contribution in [1.29, 1.82) is 0 Å². The summed E-state index contributed by atoms with van der Waals surface area (Å²) < 4.78 is 5.31. The summed E-state index contributed by atoms with van der Waals surface area (Å²) in [4.78, 5) is 27.5. The van der Waals surface area contributed by atoms with Crippen LogP contribution >= 0.6 is 23.2 Å². The van der Waals surface area contributed by atoms with E-state index in [0.717, 1.165) is 5.56 Å². The zero-order valence-corrected chi connectivity index (χ0v) is 16.2. The van der Waals surface area contributed by atoms with Gasteiger partial charge >= 0.3 is 0 Å². The first-order valence-electron chi connectivity index (χ1n) is 8.71. The lowest BCUT2D eigenvalue weighted by molar-refractivity contribution is -0.137. The van der Waals surface area contributed by atoms with Gasteiger partial charge in [0.25, 0.3) is 5.91 Å². The Kier molecular flexibility index (Phi) is 6.72. The monoisotopic (exact) mass is 406 g/mol. The van der Waals surface area contributed by atoms with E-state index in [-0.39, 0.29) is 16.5 Å². The van der Waals surface area contributed by atoms with E-state index in [2.05, 4.69) is 5.32 Å². The molecular formula is C20H20Cl2N2O3. The van der Waals surface area contributed by atoms with Gasteiger partial charge in [0, 0.05) is 24.5 Å². The van der Waals surface area contributed by atoms with Crippen LogP contribution in [0.3, 0.4) is 0 Å². The maximum Gasteiger partial charge on any atom is 0.253 e. The third-order valence-corrected chi connectivity index (χ3v) is 4.93. The minimum absolute atomic E-state index is 0.124. The van der Waals surface area contributed by atoms with Crippen molar-refractivity contribution >= 4 is 35.0 Å². The first kappa shape index (κ1) is 19.7. The predicted molar refractivity (Wildman–Crippen MR) is 105 cm³/mol. The molecule has 1 N–H and O–H groups in total. The first-order chi connectivity index (χ1) is 13.0. The van der Waals surface area contributed by atoms with Gasteiger partial charge in [0.05, 0.1) is 23.8 Å². The number of hydrogen-bond acceptors (Lipinski definition) is 3. The van der Waals surface area contributed by atoms with Gasteiger partial charge in [0.1, 0.15) is 6.04 Å². The van der Waals surface area contributed by atoms with E-state index in [1.165, 1.54) is 6.07 Å². The Morgan fingerprint density at radius 1 is 1.07 bits per heavy atom. The Hall–Kier alpha value is -2.08. The molecular weight excluding hydrogens is 387 g/mol. The number of amides is 2. The first-order valence-corrected chi connectivity index (χ1v) is 9.46. The van der Waals surface area contributed by atoms with Gasteiger partial charge in [-0.05, 0) is 23.8 Å². The fourth-order valence-electron chi connectivity index (χ4n) is 2.96. The molecule has 0 saturated carbocycles. The predicted octanol–water partition coefficient (Wildman–Crippen LogP) is 3.19. The smallest absolute Gasteiger partial charge is 0.253 e. The van der Waals surface area contributed by atoms with Crippen molar-refractivity contribution in [1.82, 2.24) is 10.2 Å². The Labute approximate surface area is 168 Å². The van der Waals surface area contributed by atoms with Crippen molar-refractivity contribution in [2.24, 2.45) is 0 Å². The third-order valence-electron chi connectivity index (χ3n) is 4.38. The molecule has 0 aromatic heterocycles. The molecule has 142 valence electrons. The molecule has 0 spiro atoms. The Morgan fingerprint density at radius 2 is 1.78 bits per heavy atom. The molecule has 1 aliphatic heterocycles. The quantitative estimate of drug-likeness (QED) is 0.829. The average Bonchev–Trinajstić information content (AvgIpc) is 2.68. The number of nitrogens with zero attached hydrogens (tertiary/aromatic N) is 1. The lowest BCUT2D eigenvalue weighted by Crippen LogP contribution is -2.52. The van der Waals surface area contributed by atoms with Gasteiger partial charge in [-0.3, -0.25) is 9.59 Å². The number of carbonyl (C=O) groups is 2. The summed E-state index contributed by atoms with van der Waals surface area (Å²) in [5.74, 6) is -0.528. The van der Waals surface area contributed by atoms with E-state index in [0.29, 0.717) is 37.7 Å². The van der Waals surface area contributed by atoms with Crippen LogP contribution in [0.15, 0.2) is 48.5 Å². The fourth-order valence-corrected chi connectivity index (χ4v) is 3.46. The fraction of sp³-hybridized carbons (Fsp3) is 0.300. The summed E-state index contributed by atoms with van der Waals surface area (Å²) >= 11 is 12.0. The number of hydrogen-bond donors (Lipinski definition) is 1. The summed E-state index contributed by atoms with van der Waals surface area (Å²) in [6.07, 6.45) is 0.397. The third kappa shape index (κ3) is 5.22. The van der Waals surface area contributed by atoms with E-state index in [1.807, 2.05) is 30.3 Å². The zero-order valence-electron chi connectivity index (χ0n) is 14.7. The average molecular weight is 407 g/mol. The van der Waals surface area contributed by atoms with Crippen molar-refractivity contribution in [2.45, 2.75) is 12.5 Å². The number of rotatable bonds is 5. The molecule has 1 fully saturated rings. The highest BCUT2D eigenvalue weighted by atomic mass is 35.5. The minimum atomic E-state index is -0.690. The van der Waals surface area contributed by atoms with Crippen LogP contribution < -0.4 is 5.32 Å². The van der Waals surface area contributed by atoms with Crippen molar-refractivity contribution in [2.75, 3.05) is 26.3 Å². The number of nitrogens with one attached hydrogen (secondary N) is 1. The number of morpholine rings is 1. The van der Waals surface area contributed by atoms with Crippen LogP contribution in [0.4, 0.5) is 0 Å². The maximum absolute atomic E-state index is 13.0. The molecule has 2 amide bonds. The molecule has 3 rings (SSSR count). The summed E-state index contributed by atoms with van der Waals surface area (Å²) in [5.41, 5.74) is 1.25. The van der Waals surface area contributed by atoms with Gasteiger partial charge < -0.3 is 15.0 Å². The summed E-state index contributed by atoms with van der Waals surface area (Å²) in [6, 6.07) is 13.6. The molecule has 2 aromatic rings. The normalized spacial score (nSPS) is 15.3. The van der Waals surface area contributed by atoms with Crippen LogP contribution in [0.5, 0.6) is 0 Å². The highest BCUT2D eigenvalue weighted by Crippen LogP contribution is 2.21. The molecule has 7 heteroatoms. The largest absolute Gasteiger partial charge is 0.378 e. The summed E-state index contributed by atoms with van der Waals surface area (Å²) in [7, 11) is 0. The van der Waals surface area contributed by atoms with Gasteiger partial charge in [-0.15, -0.1) is 0 Å². The summed E-state index contributed by atoms with van der Waals surface area (Å²) in [6.45, 7) is 2.03. The number of carbonyl (C=O) groups excluding carboxylic acids is 2. The second-order valence-corrected chi connectivity index (χ2v) is 7.12.